The zero-order chi connectivity index (χ0) is 16.1. The van der Waals surface area contributed by atoms with Crippen molar-refractivity contribution in [2.75, 3.05) is 44.2 Å². The van der Waals surface area contributed by atoms with Gasteiger partial charge in [0, 0.05) is 4.88 Å². The SMILES string of the molecule is OCC[NH+]1CCN(c2nc3sc4c(c3c3ncnn23)CCC4)CC1. The number of fused-ring (bicyclic) bond motifs is 5. The van der Waals surface area contributed by atoms with Crippen molar-refractivity contribution >= 4 is 33.1 Å². The van der Waals surface area contributed by atoms with E-state index >= 15 is 0 Å². The Morgan fingerprint density at radius 1 is 1.25 bits per heavy atom. The number of aromatic nitrogens is 4. The van der Waals surface area contributed by atoms with Crippen LogP contribution in [0.4, 0.5) is 5.95 Å². The topological polar surface area (TPSA) is 71.0 Å². The molecule has 0 bridgehead atoms. The van der Waals surface area contributed by atoms with Gasteiger partial charge in [-0.25, -0.2) is 9.97 Å². The average Bonchev–Trinajstić information content (AvgIpc) is 3.29. The number of hydrogen-bond acceptors (Lipinski definition) is 6. The molecule has 0 radical (unpaired) electrons. The van der Waals surface area contributed by atoms with Crippen molar-refractivity contribution in [1.82, 2.24) is 19.6 Å². The lowest BCUT2D eigenvalue weighted by Gasteiger charge is -2.32. The maximum absolute atomic E-state index is 9.12. The molecule has 5 rings (SSSR count). The van der Waals surface area contributed by atoms with E-state index in [0.717, 1.165) is 55.6 Å². The molecule has 0 saturated carbocycles. The summed E-state index contributed by atoms with van der Waals surface area (Å²) >= 11 is 1.83. The van der Waals surface area contributed by atoms with Crippen molar-refractivity contribution in [3.63, 3.8) is 0 Å². The highest BCUT2D eigenvalue weighted by molar-refractivity contribution is 7.19. The first kappa shape index (κ1) is 14.6. The molecule has 2 N–H and O–H groups in total. The fourth-order valence-corrected chi connectivity index (χ4v) is 5.28. The predicted octanol–water partition coefficient (Wildman–Crippen LogP) is -0.475. The van der Waals surface area contributed by atoms with Crippen LogP contribution in [0.25, 0.3) is 15.9 Å². The molecule has 7 nitrogen and oxygen atoms in total. The van der Waals surface area contributed by atoms with Gasteiger partial charge in [-0.3, -0.25) is 0 Å². The molecular weight excluding hydrogens is 324 g/mol. The minimum Gasteiger partial charge on any atom is -0.391 e. The summed E-state index contributed by atoms with van der Waals surface area (Å²) in [6.45, 7) is 5.01. The number of aliphatic hydroxyl groups excluding tert-OH is 1. The second-order valence-electron chi connectivity index (χ2n) is 6.66. The number of nitrogens with one attached hydrogen (secondary N) is 1. The van der Waals surface area contributed by atoms with Crippen LogP contribution >= 0.6 is 11.3 Å². The lowest BCUT2D eigenvalue weighted by Crippen LogP contribution is -3.15. The van der Waals surface area contributed by atoms with Gasteiger partial charge in [-0.2, -0.15) is 9.61 Å². The number of anilines is 1. The Bertz CT molecular complexity index is 895. The second kappa shape index (κ2) is 5.65. The third-order valence-corrected chi connectivity index (χ3v) is 6.47. The Morgan fingerprint density at radius 2 is 2.12 bits per heavy atom. The number of thiophene rings is 1. The number of quaternary nitrogens is 1. The summed E-state index contributed by atoms with van der Waals surface area (Å²) in [6.07, 6.45) is 5.21. The van der Waals surface area contributed by atoms with E-state index in [2.05, 4.69) is 15.0 Å². The summed E-state index contributed by atoms with van der Waals surface area (Å²) in [4.78, 5) is 15.9. The van der Waals surface area contributed by atoms with E-state index in [1.54, 1.807) is 6.33 Å². The van der Waals surface area contributed by atoms with Crippen LogP contribution < -0.4 is 9.80 Å². The van der Waals surface area contributed by atoms with Gasteiger partial charge < -0.3 is 14.9 Å². The largest absolute Gasteiger partial charge is 0.391 e. The average molecular weight is 345 g/mol. The van der Waals surface area contributed by atoms with Crippen LogP contribution in [0.15, 0.2) is 6.33 Å². The summed E-state index contributed by atoms with van der Waals surface area (Å²) in [7, 11) is 0. The standard InChI is InChI=1S/C16H20N6OS/c23-9-8-20-4-6-21(7-5-20)16-19-15-13(14-17-10-18-22(14)16)11-2-1-3-12(11)24-15/h10,23H,1-9H2/p+1. The molecule has 1 aliphatic carbocycles. The summed E-state index contributed by atoms with van der Waals surface area (Å²) in [6, 6.07) is 0. The number of aliphatic hydroxyl groups is 1. The summed E-state index contributed by atoms with van der Waals surface area (Å²) in [5, 5.41) is 14.8. The van der Waals surface area contributed by atoms with Crippen LogP contribution in [-0.2, 0) is 12.8 Å². The van der Waals surface area contributed by atoms with Crippen molar-refractivity contribution in [3.05, 3.63) is 16.8 Å². The molecular formula is C16H21N6OS+. The van der Waals surface area contributed by atoms with Gasteiger partial charge in [0.15, 0.2) is 5.65 Å². The molecule has 1 saturated heterocycles. The van der Waals surface area contributed by atoms with E-state index < -0.39 is 0 Å². The molecule has 24 heavy (non-hydrogen) atoms. The van der Waals surface area contributed by atoms with Gasteiger partial charge >= 0.3 is 0 Å². The second-order valence-corrected chi connectivity index (χ2v) is 7.74. The number of piperazine rings is 1. The Balaban J connectivity index is 1.58. The zero-order valence-corrected chi connectivity index (χ0v) is 14.3. The van der Waals surface area contributed by atoms with Crippen molar-refractivity contribution < 1.29 is 10.0 Å². The first-order valence-electron chi connectivity index (χ1n) is 8.68. The molecule has 126 valence electrons. The molecule has 8 heteroatoms. The van der Waals surface area contributed by atoms with Crippen molar-refractivity contribution in [3.8, 4) is 0 Å². The number of hydrogen-bond donors (Lipinski definition) is 2. The third-order valence-electron chi connectivity index (χ3n) is 5.28. The smallest absolute Gasteiger partial charge is 0.230 e. The summed E-state index contributed by atoms with van der Waals surface area (Å²) in [5.41, 5.74) is 2.41. The number of rotatable bonds is 3. The van der Waals surface area contributed by atoms with E-state index in [1.165, 1.54) is 33.6 Å². The number of nitrogens with zero attached hydrogens (tertiary/aromatic N) is 5. The van der Waals surface area contributed by atoms with E-state index in [1.807, 2.05) is 15.9 Å². The first-order chi connectivity index (χ1) is 11.8. The fraction of sp³-hybridized carbons (Fsp3) is 0.562. The first-order valence-corrected chi connectivity index (χ1v) is 9.50. The van der Waals surface area contributed by atoms with Crippen molar-refractivity contribution in [1.29, 1.82) is 0 Å². The minimum atomic E-state index is 0.258. The van der Waals surface area contributed by atoms with Crippen LogP contribution in [0.2, 0.25) is 0 Å². The molecule has 0 atom stereocenters. The molecule has 0 unspecified atom stereocenters. The highest BCUT2D eigenvalue weighted by Crippen LogP contribution is 2.39. The molecule has 1 fully saturated rings. The van der Waals surface area contributed by atoms with E-state index in [4.69, 9.17) is 10.1 Å². The van der Waals surface area contributed by atoms with Gasteiger partial charge in [0.05, 0.1) is 38.2 Å². The highest BCUT2D eigenvalue weighted by Gasteiger charge is 2.27. The van der Waals surface area contributed by atoms with Gasteiger partial charge in [0.25, 0.3) is 0 Å². The normalized spacial score (nSPS) is 18.8. The van der Waals surface area contributed by atoms with Crippen molar-refractivity contribution in [2.45, 2.75) is 19.3 Å². The van der Waals surface area contributed by atoms with Gasteiger partial charge in [-0.1, -0.05) is 0 Å². The lowest BCUT2D eigenvalue weighted by atomic mass is 10.2. The van der Waals surface area contributed by atoms with E-state index in [9.17, 15) is 0 Å². The molecule has 3 aromatic heterocycles. The van der Waals surface area contributed by atoms with Crippen LogP contribution in [0.1, 0.15) is 16.9 Å². The molecule has 0 amide bonds. The highest BCUT2D eigenvalue weighted by atomic mass is 32.1. The Hall–Kier alpha value is -1.77. The van der Waals surface area contributed by atoms with Gasteiger partial charge in [-0.15, -0.1) is 11.3 Å². The molecule has 1 aliphatic heterocycles. The number of aryl methyl sites for hydroxylation is 2. The monoisotopic (exact) mass is 345 g/mol. The Kier molecular flexibility index (Phi) is 3.43. The van der Waals surface area contributed by atoms with E-state index in [-0.39, 0.29) is 6.61 Å². The predicted molar refractivity (Wildman–Crippen MR) is 93.1 cm³/mol. The van der Waals surface area contributed by atoms with Crippen LogP contribution in [0, 0.1) is 0 Å². The van der Waals surface area contributed by atoms with Crippen LogP contribution in [0.3, 0.4) is 0 Å². The summed E-state index contributed by atoms with van der Waals surface area (Å²) < 4.78 is 1.92. The quantitative estimate of drug-likeness (QED) is 0.671. The summed E-state index contributed by atoms with van der Waals surface area (Å²) in [5.74, 6) is 0.915. The lowest BCUT2D eigenvalue weighted by molar-refractivity contribution is -0.900. The van der Waals surface area contributed by atoms with Crippen molar-refractivity contribution in [2.24, 2.45) is 0 Å². The molecule has 3 aromatic rings. The Morgan fingerprint density at radius 3 is 2.96 bits per heavy atom. The zero-order valence-electron chi connectivity index (χ0n) is 13.5. The third kappa shape index (κ3) is 2.13. The van der Waals surface area contributed by atoms with E-state index in [0.29, 0.717) is 0 Å². The molecule has 4 heterocycles. The minimum absolute atomic E-state index is 0.258. The van der Waals surface area contributed by atoms with Gasteiger partial charge in [-0.05, 0) is 24.8 Å². The molecule has 2 aliphatic rings. The fourth-order valence-electron chi connectivity index (χ4n) is 4.03. The van der Waals surface area contributed by atoms with Crippen LogP contribution in [-0.4, -0.2) is 64.0 Å². The Labute approximate surface area is 143 Å². The van der Waals surface area contributed by atoms with Gasteiger partial charge in [0.2, 0.25) is 5.95 Å². The maximum atomic E-state index is 9.12. The molecule has 0 spiro atoms. The molecule has 0 aromatic carbocycles. The maximum Gasteiger partial charge on any atom is 0.230 e. The van der Waals surface area contributed by atoms with Gasteiger partial charge in [0.1, 0.15) is 17.7 Å². The van der Waals surface area contributed by atoms with Crippen LogP contribution in [0.5, 0.6) is 0 Å².